The molecule has 0 saturated heterocycles. The summed E-state index contributed by atoms with van der Waals surface area (Å²) in [7, 11) is 3.96. The molecule has 2 amide bonds. The van der Waals surface area contributed by atoms with Crippen LogP contribution in [0.3, 0.4) is 0 Å². The van der Waals surface area contributed by atoms with Crippen LogP contribution >= 0.6 is 0 Å². The summed E-state index contributed by atoms with van der Waals surface area (Å²) in [5.74, 6) is 0.748. The second-order valence-electron chi connectivity index (χ2n) is 8.41. The fraction of sp³-hybridized carbons (Fsp3) is 0.478. The smallest absolute Gasteiger partial charge is 0.289 e. The van der Waals surface area contributed by atoms with Crippen molar-refractivity contribution in [2.75, 3.05) is 30.9 Å². The molecular weight excluding hydrogens is 366 g/mol. The van der Waals surface area contributed by atoms with Crippen LogP contribution in [0.15, 0.2) is 41.0 Å². The number of carbonyl (C=O) groups excluding carboxylic acids is 2. The Morgan fingerprint density at radius 3 is 2.52 bits per heavy atom. The number of hydrogen-bond donors (Lipinski definition) is 1. The molecule has 0 aliphatic heterocycles. The van der Waals surface area contributed by atoms with Crippen molar-refractivity contribution in [3.63, 3.8) is 0 Å². The lowest BCUT2D eigenvalue weighted by Crippen LogP contribution is -2.34. The third-order valence-electron chi connectivity index (χ3n) is 5.27. The summed E-state index contributed by atoms with van der Waals surface area (Å²) in [4.78, 5) is 29.2. The van der Waals surface area contributed by atoms with E-state index in [0.717, 1.165) is 36.2 Å². The highest BCUT2D eigenvalue weighted by Crippen LogP contribution is 2.29. The van der Waals surface area contributed by atoms with E-state index in [2.05, 4.69) is 19.2 Å². The molecule has 1 fully saturated rings. The molecule has 0 bridgehead atoms. The largest absolute Gasteiger partial charge is 0.459 e. The average Bonchev–Trinajstić information content (AvgIpc) is 3.13. The summed E-state index contributed by atoms with van der Waals surface area (Å²) in [5, 5.41) is 3.04. The number of amides is 2. The van der Waals surface area contributed by atoms with Gasteiger partial charge >= 0.3 is 0 Å². The van der Waals surface area contributed by atoms with Crippen LogP contribution in [-0.4, -0.2) is 37.4 Å². The molecule has 1 N–H and O–H groups in total. The van der Waals surface area contributed by atoms with Crippen molar-refractivity contribution < 1.29 is 14.0 Å². The first kappa shape index (κ1) is 21.0. The quantitative estimate of drug-likeness (QED) is 0.718. The Labute approximate surface area is 172 Å². The summed E-state index contributed by atoms with van der Waals surface area (Å²) in [5.41, 5.74) is 2.78. The van der Waals surface area contributed by atoms with E-state index < -0.39 is 0 Å². The number of nitrogens with one attached hydrogen (secondary N) is 1. The predicted octanol–water partition coefficient (Wildman–Crippen LogP) is 4.38. The molecule has 0 radical (unpaired) electrons. The molecule has 3 rings (SSSR count). The first-order valence-electron chi connectivity index (χ1n) is 10.3. The molecule has 1 aliphatic carbocycles. The van der Waals surface area contributed by atoms with Crippen LogP contribution in [0.25, 0.3) is 0 Å². The van der Waals surface area contributed by atoms with Crippen LogP contribution in [-0.2, 0) is 11.3 Å². The summed E-state index contributed by atoms with van der Waals surface area (Å²) >= 11 is 0. The number of anilines is 2. The Balaban J connectivity index is 1.85. The van der Waals surface area contributed by atoms with E-state index in [0.29, 0.717) is 24.8 Å². The molecule has 2 aromatic rings. The van der Waals surface area contributed by atoms with Gasteiger partial charge in [-0.2, -0.15) is 0 Å². The molecule has 0 unspecified atom stereocenters. The van der Waals surface area contributed by atoms with E-state index in [1.165, 1.54) is 6.26 Å². The van der Waals surface area contributed by atoms with Crippen LogP contribution in [0.1, 0.15) is 49.2 Å². The summed E-state index contributed by atoms with van der Waals surface area (Å²) in [6.07, 6.45) is 4.58. The summed E-state index contributed by atoms with van der Waals surface area (Å²) in [6.45, 7) is 5.23. The van der Waals surface area contributed by atoms with Crippen LogP contribution in [0, 0.1) is 11.8 Å². The topological polar surface area (TPSA) is 65.8 Å². The van der Waals surface area contributed by atoms with Crippen molar-refractivity contribution in [1.82, 2.24) is 4.90 Å². The zero-order valence-electron chi connectivity index (χ0n) is 17.8. The Morgan fingerprint density at radius 1 is 1.21 bits per heavy atom. The van der Waals surface area contributed by atoms with E-state index in [9.17, 15) is 9.59 Å². The van der Waals surface area contributed by atoms with Crippen molar-refractivity contribution in [3.8, 4) is 0 Å². The van der Waals surface area contributed by atoms with Crippen molar-refractivity contribution in [3.05, 3.63) is 47.9 Å². The molecule has 1 aromatic heterocycles. The SMILES string of the molecule is CC(C)CN(Cc1cc(NC(=O)C2CCC2)ccc1N(C)C)C(=O)c1ccco1. The van der Waals surface area contributed by atoms with E-state index in [-0.39, 0.29) is 17.7 Å². The van der Waals surface area contributed by atoms with Gasteiger partial charge in [0.05, 0.1) is 6.26 Å². The zero-order valence-corrected chi connectivity index (χ0v) is 17.8. The van der Waals surface area contributed by atoms with Gasteiger partial charge in [0.2, 0.25) is 5.91 Å². The number of furan rings is 1. The maximum Gasteiger partial charge on any atom is 0.289 e. The molecular formula is C23H31N3O3. The Morgan fingerprint density at radius 2 is 1.97 bits per heavy atom. The molecule has 0 spiro atoms. The van der Waals surface area contributed by atoms with Crippen molar-refractivity contribution in [2.45, 2.75) is 39.7 Å². The lowest BCUT2D eigenvalue weighted by molar-refractivity contribution is -0.122. The van der Waals surface area contributed by atoms with Gasteiger partial charge in [0.25, 0.3) is 5.91 Å². The van der Waals surface area contributed by atoms with Crippen molar-refractivity contribution in [2.24, 2.45) is 11.8 Å². The Kier molecular flexibility index (Phi) is 6.62. The zero-order chi connectivity index (χ0) is 21.0. The molecule has 1 aromatic carbocycles. The molecule has 156 valence electrons. The van der Waals surface area contributed by atoms with E-state index in [4.69, 9.17) is 4.42 Å². The van der Waals surface area contributed by atoms with Crippen LogP contribution in [0.5, 0.6) is 0 Å². The standard InChI is InChI=1S/C23H31N3O3/c1-16(2)14-26(23(28)21-9-6-12-29-21)15-18-13-19(10-11-20(18)25(3)4)24-22(27)17-7-5-8-17/h6,9-13,16-17H,5,7-8,14-15H2,1-4H3,(H,24,27). The van der Waals surface area contributed by atoms with Gasteiger partial charge in [0.15, 0.2) is 5.76 Å². The highest BCUT2D eigenvalue weighted by atomic mass is 16.3. The molecule has 6 nitrogen and oxygen atoms in total. The predicted molar refractivity (Wildman–Crippen MR) is 115 cm³/mol. The molecule has 1 saturated carbocycles. The Bertz CT molecular complexity index is 839. The van der Waals surface area contributed by atoms with Crippen molar-refractivity contribution >= 4 is 23.2 Å². The highest BCUT2D eigenvalue weighted by Gasteiger charge is 2.26. The number of nitrogens with zero attached hydrogens (tertiary/aromatic N) is 2. The minimum Gasteiger partial charge on any atom is -0.459 e. The molecule has 6 heteroatoms. The number of rotatable bonds is 8. The highest BCUT2D eigenvalue weighted by molar-refractivity contribution is 5.93. The van der Waals surface area contributed by atoms with Crippen LogP contribution < -0.4 is 10.2 Å². The van der Waals surface area contributed by atoms with E-state index >= 15 is 0 Å². The van der Waals surface area contributed by atoms with Gasteiger partial charge in [0, 0.05) is 44.5 Å². The van der Waals surface area contributed by atoms with Crippen LogP contribution in [0.4, 0.5) is 11.4 Å². The van der Waals surface area contributed by atoms with Gasteiger partial charge in [0.1, 0.15) is 0 Å². The second kappa shape index (κ2) is 9.16. The maximum absolute atomic E-state index is 13.0. The fourth-order valence-corrected chi connectivity index (χ4v) is 3.56. The van der Waals surface area contributed by atoms with Gasteiger partial charge in [-0.1, -0.05) is 20.3 Å². The minimum atomic E-state index is -0.127. The van der Waals surface area contributed by atoms with Gasteiger partial charge in [-0.15, -0.1) is 0 Å². The number of hydrogen-bond acceptors (Lipinski definition) is 4. The summed E-state index contributed by atoms with van der Waals surface area (Å²) in [6, 6.07) is 9.32. The third-order valence-corrected chi connectivity index (χ3v) is 5.27. The minimum absolute atomic E-state index is 0.0884. The number of carbonyl (C=O) groups is 2. The lowest BCUT2D eigenvalue weighted by Gasteiger charge is -2.27. The van der Waals surface area contributed by atoms with Gasteiger partial charge < -0.3 is 19.5 Å². The monoisotopic (exact) mass is 397 g/mol. The van der Waals surface area contributed by atoms with Crippen molar-refractivity contribution in [1.29, 1.82) is 0 Å². The molecule has 29 heavy (non-hydrogen) atoms. The third kappa shape index (κ3) is 5.19. The Hall–Kier alpha value is -2.76. The fourth-order valence-electron chi connectivity index (χ4n) is 3.56. The van der Waals surface area contributed by atoms with E-state index in [1.807, 2.05) is 42.1 Å². The van der Waals surface area contributed by atoms with Gasteiger partial charge in [-0.05, 0) is 54.7 Å². The van der Waals surface area contributed by atoms with Gasteiger partial charge in [-0.3, -0.25) is 9.59 Å². The first-order chi connectivity index (χ1) is 13.8. The van der Waals surface area contributed by atoms with E-state index in [1.54, 1.807) is 12.1 Å². The lowest BCUT2D eigenvalue weighted by atomic mass is 9.85. The first-order valence-corrected chi connectivity index (χ1v) is 10.3. The second-order valence-corrected chi connectivity index (χ2v) is 8.41. The normalized spacial score (nSPS) is 13.8. The maximum atomic E-state index is 13.0. The molecule has 0 atom stereocenters. The van der Waals surface area contributed by atoms with Crippen LogP contribution in [0.2, 0.25) is 0 Å². The number of benzene rings is 1. The molecule has 1 aliphatic rings. The average molecular weight is 398 g/mol. The summed E-state index contributed by atoms with van der Waals surface area (Å²) < 4.78 is 5.34. The van der Waals surface area contributed by atoms with Gasteiger partial charge in [-0.25, -0.2) is 0 Å². The molecule has 1 heterocycles.